The van der Waals surface area contributed by atoms with Crippen LogP contribution in [0.4, 0.5) is 0 Å². The first-order valence-electron chi connectivity index (χ1n) is 5.51. The number of nitrogens with one attached hydrogen (secondary N) is 1. The molecule has 18 heavy (non-hydrogen) atoms. The van der Waals surface area contributed by atoms with Crippen molar-refractivity contribution in [3.8, 4) is 0 Å². The Morgan fingerprint density at radius 1 is 1.50 bits per heavy atom. The molecule has 7 heteroatoms. The highest BCUT2D eigenvalue weighted by atomic mass is 35.5. The predicted molar refractivity (Wildman–Crippen MR) is 77.6 cm³/mol. The van der Waals surface area contributed by atoms with Crippen LogP contribution in [0.3, 0.4) is 0 Å². The minimum atomic E-state index is 0. The second-order valence-electron chi connectivity index (χ2n) is 3.95. The summed E-state index contributed by atoms with van der Waals surface area (Å²) in [5.41, 5.74) is 1.12. The Labute approximate surface area is 121 Å². The highest BCUT2D eigenvalue weighted by Crippen LogP contribution is 1.98. The molecule has 0 saturated carbocycles. The summed E-state index contributed by atoms with van der Waals surface area (Å²) in [5.74, 6) is 0.156. The lowest BCUT2D eigenvalue weighted by molar-refractivity contribution is -0.130. The second kappa shape index (κ2) is 10.2. The van der Waals surface area contributed by atoms with Crippen molar-refractivity contribution in [2.75, 3.05) is 27.2 Å². The number of carbonyl (C=O) groups is 1. The maximum Gasteiger partial charge on any atom is 0.224 e. The molecule has 0 saturated heterocycles. The minimum Gasteiger partial charge on any atom is -0.344 e. The van der Waals surface area contributed by atoms with Crippen molar-refractivity contribution in [1.29, 1.82) is 0 Å². The molecule has 1 aromatic heterocycles. The molecule has 0 radical (unpaired) electrons. The maximum atomic E-state index is 11.7. The SMILES string of the molecule is CNCCN(C)C(=O)CCn1cc(C)cn1.Cl.Cl. The van der Waals surface area contributed by atoms with Gasteiger partial charge in [-0.15, -0.1) is 24.8 Å². The first-order chi connectivity index (χ1) is 7.63. The molecule has 0 spiro atoms. The Kier molecular flexibility index (Phi) is 11.1. The van der Waals surface area contributed by atoms with Crippen LogP contribution in [0, 0.1) is 6.92 Å². The van der Waals surface area contributed by atoms with Gasteiger partial charge in [-0.3, -0.25) is 9.48 Å². The largest absolute Gasteiger partial charge is 0.344 e. The van der Waals surface area contributed by atoms with E-state index in [1.807, 2.05) is 27.2 Å². The van der Waals surface area contributed by atoms with E-state index in [1.54, 1.807) is 15.8 Å². The average Bonchev–Trinajstić information content (AvgIpc) is 2.68. The topological polar surface area (TPSA) is 50.2 Å². The molecule has 1 amide bonds. The fourth-order valence-corrected chi connectivity index (χ4v) is 1.39. The third kappa shape index (κ3) is 6.83. The van der Waals surface area contributed by atoms with Crippen molar-refractivity contribution >= 4 is 30.7 Å². The molecule has 1 heterocycles. The number of aromatic nitrogens is 2. The number of likely N-dealkylation sites (N-methyl/N-ethyl adjacent to an activating group) is 2. The Bertz CT molecular complexity index is 344. The van der Waals surface area contributed by atoms with Crippen molar-refractivity contribution in [3.63, 3.8) is 0 Å². The molecule has 0 aliphatic carbocycles. The van der Waals surface area contributed by atoms with Crippen molar-refractivity contribution < 1.29 is 4.79 Å². The number of nitrogens with zero attached hydrogens (tertiary/aromatic N) is 3. The summed E-state index contributed by atoms with van der Waals surface area (Å²) in [5, 5.41) is 7.16. The van der Waals surface area contributed by atoms with Crippen molar-refractivity contribution in [2.24, 2.45) is 0 Å². The molecule has 0 bridgehead atoms. The van der Waals surface area contributed by atoms with Gasteiger partial charge in [-0.1, -0.05) is 0 Å². The zero-order chi connectivity index (χ0) is 12.0. The van der Waals surface area contributed by atoms with E-state index in [0.717, 1.165) is 18.7 Å². The smallest absolute Gasteiger partial charge is 0.224 e. The number of halogens is 2. The summed E-state index contributed by atoms with van der Waals surface area (Å²) in [6.07, 6.45) is 4.25. The van der Waals surface area contributed by atoms with Crippen LogP contribution < -0.4 is 5.32 Å². The molecule has 1 aromatic rings. The highest BCUT2D eigenvalue weighted by molar-refractivity contribution is 5.85. The molecule has 5 nitrogen and oxygen atoms in total. The van der Waals surface area contributed by atoms with Gasteiger partial charge in [0, 0.05) is 39.3 Å². The number of aryl methyl sites for hydroxylation is 2. The van der Waals surface area contributed by atoms with Crippen LogP contribution in [0.2, 0.25) is 0 Å². The molecule has 0 atom stereocenters. The Balaban J connectivity index is 0. The van der Waals surface area contributed by atoms with Gasteiger partial charge in [0.05, 0.1) is 6.20 Å². The standard InChI is InChI=1S/C11H20N4O.2ClH/c1-10-8-13-15(9-10)6-4-11(16)14(3)7-5-12-2;;/h8-9,12H,4-7H2,1-3H3;2*1H. The van der Waals surface area contributed by atoms with Crippen LogP contribution in [0.1, 0.15) is 12.0 Å². The fraction of sp³-hybridized carbons (Fsp3) is 0.636. The predicted octanol–water partition coefficient (Wildman–Crippen LogP) is 1.10. The van der Waals surface area contributed by atoms with Crippen LogP contribution in [-0.2, 0) is 11.3 Å². The first-order valence-corrected chi connectivity index (χ1v) is 5.51. The Morgan fingerprint density at radius 2 is 2.17 bits per heavy atom. The molecular weight excluding hydrogens is 275 g/mol. The molecule has 0 aliphatic heterocycles. The zero-order valence-electron chi connectivity index (χ0n) is 11.0. The molecule has 0 fully saturated rings. The first kappa shape index (κ1) is 19.6. The summed E-state index contributed by atoms with van der Waals surface area (Å²) >= 11 is 0. The van der Waals surface area contributed by atoms with E-state index >= 15 is 0 Å². The van der Waals surface area contributed by atoms with Gasteiger partial charge in [-0.05, 0) is 19.5 Å². The van der Waals surface area contributed by atoms with E-state index in [4.69, 9.17) is 0 Å². The lowest BCUT2D eigenvalue weighted by atomic mass is 10.3. The highest BCUT2D eigenvalue weighted by Gasteiger charge is 2.07. The van der Waals surface area contributed by atoms with Crippen LogP contribution in [-0.4, -0.2) is 47.8 Å². The third-order valence-electron chi connectivity index (χ3n) is 2.44. The molecule has 0 aromatic carbocycles. The van der Waals surface area contributed by atoms with E-state index in [1.165, 1.54) is 0 Å². The maximum absolute atomic E-state index is 11.7. The van der Waals surface area contributed by atoms with E-state index in [0.29, 0.717) is 13.0 Å². The van der Waals surface area contributed by atoms with Gasteiger partial charge >= 0.3 is 0 Å². The van der Waals surface area contributed by atoms with Gasteiger partial charge in [-0.2, -0.15) is 5.10 Å². The van der Waals surface area contributed by atoms with Gasteiger partial charge in [-0.25, -0.2) is 0 Å². The van der Waals surface area contributed by atoms with E-state index in [2.05, 4.69) is 10.4 Å². The van der Waals surface area contributed by atoms with Crippen LogP contribution in [0.5, 0.6) is 0 Å². The second-order valence-corrected chi connectivity index (χ2v) is 3.95. The van der Waals surface area contributed by atoms with Crippen LogP contribution in [0.15, 0.2) is 12.4 Å². The zero-order valence-corrected chi connectivity index (χ0v) is 12.7. The molecule has 0 unspecified atom stereocenters. The van der Waals surface area contributed by atoms with E-state index < -0.39 is 0 Å². The monoisotopic (exact) mass is 296 g/mol. The molecule has 106 valence electrons. The van der Waals surface area contributed by atoms with Gasteiger partial charge in [0.25, 0.3) is 0 Å². The molecule has 1 N–H and O–H groups in total. The van der Waals surface area contributed by atoms with Crippen molar-refractivity contribution in [1.82, 2.24) is 20.0 Å². The fourth-order valence-electron chi connectivity index (χ4n) is 1.39. The summed E-state index contributed by atoms with van der Waals surface area (Å²) in [7, 11) is 3.71. The molecule has 0 aliphatic rings. The third-order valence-corrected chi connectivity index (χ3v) is 2.44. The lowest BCUT2D eigenvalue weighted by Crippen LogP contribution is -2.33. The van der Waals surface area contributed by atoms with Gasteiger partial charge < -0.3 is 10.2 Å². The summed E-state index contributed by atoms with van der Waals surface area (Å²) < 4.78 is 1.80. The number of rotatable bonds is 6. The Morgan fingerprint density at radius 3 is 2.67 bits per heavy atom. The van der Waals surface area contributed by atoms with Gasteiger partial charge in [0.15, 0.2) is 0 Å². The Hall–Kier alpha value is -0.780. The lowest BCUT2D eigenvalue weighted by Gasteiger charge is -2.16. The van der Waals surface area contributed by atoms with E-state index in [9.17, 15) is 4.79 Å². The summed E-state index contributed by atoms with van der Waals surface area (Å²) in [4.78, 5) is 13.4. The van der Waals surface area contributed by atoms with Gasteiger partial charge in [0.2, 0.25) is 5.91 Å². The summed E-state index contributed by atoms with van der Waals surface area (Å²) in [6, 6.07) is 0. The normalized spacial score (nSPS) is 9.28. The summed E-state index contributed by atoms with van der Waals surface area (Å²) in [6.45, 7) is 4.21. The number of carbonyl (C=O) groups excluding carboxylic acids is 1. The van der Waals surface area contributed by atoms with Crippen molar-refractivity contribution in [3.05, 3.63) is 18.0 Å². The van der Waals surface area contributed by atoms with E-state index in [-0.39, 0.29) is 30.7 Å². The quantitative estimate of drug-likeness (QED) is 0.855. The minimum absolute atomic E-state index is 0. The number of amides is 1. The van der Waals surface area contributed by atoms with Crippen molar-refractivity contribution in [2.45, 2.75) is 19.9 Å². The molecule has 1 rings (SSSR count). The van der Waals surface area contributed by atoms with Crippen LogP contribution >= 0.6 is 24.8 Å². The van der Waals surface area contributed by atoms with Crippen LogP contribution in [0.25, 0.3) is 0 Å². The number of hydrogen-bond donors (Lipinski definition) is 1. The average molecular weight is 297 g/mol. The van der Waals surface area contributed by atoms with Gasteiger partial charge in [0.1, 0.15) is 0 Å². The molecular formula is C11H22Cl2N4O. The number of hydrogen-bond acceptors (Lipinski definition) is 3.